The van der Waals surface area contributed by atoms with Crippen LogP contribution in [0.5, 0.6) is 0 Å². The number of imidazole rings is 1. The predicted octanol–water partition coefficient (Wildman–Crippen LogP) is 1.88. The fraction of sp³-hybridized carbons (Fsp3) is 0.200. The highest BCUT2D eigenvalue weighted by molar-refractivity contribution is 5.95. The minimum absolute atomic E-state index is 0.0156. The summed E-state index contributed by atoms with van der Waals surface area (Å²) >= 11 is 0. The molecule has 0 saturated carbocycles. The normalized spacial score (nSPS) is 13.7. The Kier molecular flexibility index (Phi) is 4.60. The van der Waals surface area contributed by atoms with E-state index in [1.54, 1.807) is 4.90 Å². The number of hydrogen-bond donors (Lipinski definition) is 1. The number of carbonyl (C=O) groups excluding carboxylic acids is 2. The summed E-state index contributed by atoms with van der Waals surface area (Å²) in [5.74, 6) is -1.03. The second-order valence-corrected chi connectivity index (χ2v) is 6.51. The fourth-order valence-electron chi connectivity index (χ4n) is 3.48. The van der Waals surface area contributed by atoms with Gasteiger partial charge in [0.05, 0.1) is 17.5 Å². The molecule has 0 fully saturated rings. The number of rotatable bonds is 3. The zero-order valence-electron chi connectivity index (χ0n) is 15.0. The summed E-state index contributed by atoms with van der Waals surface area (Å²) in [6.07, 6.45) is 2.81. The van der Waals surface area contributed by atoms with E-state index in [4.69, 9.17) is 5.73 Å². The smallest absolute Gasteiger partial charge is 0.269 e. The number of nitrogens with zero attached hydrogens (tertiary/aromatic N) is 4. The summed E-state index contributed by atoms with van der Waals surface area (Å²) in [5, 5.41) is 0. The summed E-state index contributed by atoms with van der Waals surface area (Å²) in [4.78, 5) is 34.4. The van der Waals surface area contributed by atoms with E-state index in [2.05, 4.69) is 9.97 Å². The van der Waals surface area contributed by atoms with E-state index >= 15 is 0 Å². The molecule has 142 valence electrons. The highest BCUT2D eigenvalue weighted by atomic mass is 19.1. The number of fused-ring (bicyclic) bond motifs is 1. The van der Waals surface area contributed by atoms with Gasteiger partial charge in [0.15, 0.2) is 5.82 Å². The molecule has 1 aliphatic rings. The molecule has 1 aliphatic heterocycles. The molecule has 0 unspecified atom stereocenters. The molecule has 2 N–H and O–H groups in total. The SMILES string of the molecule is NC(=O)c1nc(-c2ccccc2)n2c1CCN(C(=O)c1ccncc1F)CC2. The van der Waals surface area contributed by atoms with Gasteiger partial charge in [0.25, 0.3) is 11.8 Å². The molecular weight excluding hydrogens is 361 g/mol. The topological polar surface area (TPSA) is 94.1 Å². The number of halogens is 1. The lowest BCUT2D eigenvalue weighted by Gasteiger charge is -2.20. The Morgan fingerprint density at radius 1 is 1.07 bits per heavy atom. The Labute approximate surface area is 160 Å². The first-order valence-corrected chi connectivity index (χ1v) is 8.89. The largest absolute Gasteiger partial charge is 0.364 e. The molecular formula is C20H18FN5O2. The molecule has 8 heteroatoms. The van der Waals surface area contributed by atoms with Crippen molar-refractivity contribution in [2.75, 3.05) is 13.1 Å². The van der Waals surface area contributed by atoms with Crippen LogP contribution in [0.15, 0.2) is 48.8 Å². The molecule has 4 rings (SSSR count). The van der Waals surface area contributed by atoms with Crippen molar-refractivity contribution in [3.63, 3.8) is 0 Å². The Hall–Kier alpha value is -3.55. The van der Waals surface area contributed by atoms with E-state index in [0.29, 0.717) is 37.6 Å². The van der Waals surface area contributed by atoms with Gasteiger partial charge in [0.1, 0.15) is 11.5 Å². The van der Waals surface area contributed by atoms with E-state index in [9.17, 15) is 14.0 Å². The zero-order valence-corrected chi connectivity index (χ0v) is 15.0. The number of primary amides is 1. The van der Waals surface area contributed by atoms with Crippen LogP contribution in [0.25, 0.3) is 11.4 Å². The van der Waals surface area contributed by atoms with Gasteiger partial charge in [-0.05, 0) is 6.07 Å². The number of nitrogens with two attached hydrogens (primary N) is 1. The van der Waals surface area contributed by atoms with Gasteiger partial charge in [-0.25, -0.2) is 9.37 Å². The van der Waals surface area contributed by atoms with Crippen molar-refractivity contribution >= 4 is 11.8 Å². The van der Waals surface area contributed by atoms with Gasteiger partial charge in [0, 0.05) is 37.8 Å². The van der Waals surface area contributed by atoms with Crippen LogP contribution in [-0.4, -0.2) is 44.3 Å². The quantitative estimate of drug-likeness (QED) is 0.752. The number of benzene rings is 1. The summed E-state index contributed by atoms with van der Waals surface area (Å²) in [6.45, 7) is 1.13. The Balaban J connectivity index is 1.68. The first-order valence-electron chi connectivity index (χ1n) is 8.89. The average molecular weight is 379 g/mol. The number of amides is 2. The van der Waals surface area contributed by atoms with Gasteiger partial charge < -0.3 is 15.2 Å². The lowest BCUT2D eigenvalue weighted by Crippen LogP contribution is -2.34. The Bertz CT molecular complexity index is 1050. The van der Waals surface area contributed by atoms with Gasteiger partial charge in [-0.3, -0.25) is 14.6 Å². The van der Waals surface area contributed by atoms with E-state index in [1.165, 1.54) is 12.3 Å². The van der Waals surface area contributed by atoms with Crippen LogP contribution in [0, 0.1) is 5.82 Å². The molecule has 7 nitrogen and oxygen atoms in total. The van der Waals surface area contributed by atoms with Crippen molar-refractivity contribution in [1.29, 1.82) is 0 Å². The summed E-state index contributed by atoms with van der Waals surface area (Å²) in [7, 11) is 0. The molecule has 0 spiro atoms. The van der Waals surface area contributed by atoms with E-state index in [-0.39, 0.29) is 11.3 Å². The number of aromatic nitrogens is 3. The van der Waals surface area contributed by atoms with Crippen LogP contribution in [0.1, 0.15) is 26.5 Å². The fourth-order valence-corrected chi connectivity index (χ4v) is 3.48. The van der Waals surface area contributed by atoms with Crippen molar-refractivity contribution < 1.29 is 14.0 Å². The van der Waals surface area contributed by atoms with E-state index in [1.807, 2.05) is 34.9 Å². The van der Waals surface area contributed by atoms with Gasteiger partial charge in [-0.1, -0.05) is 30.3 Å². The maximum atomic E-state index is 14.0. The van der Waals surface area contributed by atoms with Crippen molar-refractivity contribution in [1.82, 2.24) is 19.4 Å². The maximum absolute atomic E-state index is 14.0. The third-order valence-electron chi connectivity index (χ3n) is 4.84. The third-order valence-corrected chi connectivity index (χ3v) is 4.84. The number of carbonyl (C=O) groups is 2. The lowest BCUT2D eigenvalue weighted by molar-refractivity contribution is 0.0754. The van der Waals surface area contributed by atoms with E-state index < -0.39 is 17.6 Å². The summed E-state index contributed by atoms with van der Waals surface area (Å²) in [5.41, 5.74) is 7.28. The summed E-state index contributed by atoms with van der Waals surface area (Å²) in [6, 6.07) is 10.9. The predicted molar refractivity (Wildman–Crippen MR) is 100.0 cm³/mol. The van der Waals surface area contributed by atoms with Crippen LogP contribution >= 0.6 is 0 Å². The zero-order chi connectivity index (χ0) is 19.7. The van der Waals surface area contributed by atoms with Crippen LogP contribution in [0.4, 0.5) is 4.39 Å². The van der Waals surface area contributed by atoms with Gasteiger partial charge in [-0.2, -0.15) is 0 Å². The van der Waals surface area contributed by atoms with Gasteiger partial charge in [0.2, 0.25) is 0 Å². The lowest BCUT2D eigenvalue weighted by atomic mass is 10.2. The minimum atomic E-state index is -0.652. The number of pyridine rings is 1. The molecule has 0 atom stereocenters. The molecule has 0 saturated heterocycles. The van der Waals surface area contributed by atoms with Crippen LogP contribution in [0.3, 0.4) is 0 Å². The summed E-state index contributed by atoms with van der Waals surface area (Å²) < 4.78 is 15.9. The molecule has 1 aromatic carbocycles. The van der Waals surface area contributed by atoms with Crippen molar-refractivity contribution in [2.45, 2.75) is 13.0 Å². The van der Waals surface area contributed by atoms with Crippen molar-refractivity contribution in [2.24, 2.45) is 5.73 Å². The van der Waals surface area contributed by atoms with Gasteiger partial charge >= 0.3 is 0 Å². The molecule has 2 amide bonds. The third kappa shape index (κ3) is 3.13. The highest BCUT2D eigenvalue weighted by Crippen LogP contribution is 2.25. The van der Waals surface area contributed by atoms with Crippen LogP contribution < -0.4 is 5.73 Å². The van der Waals surface area contributed by atoms with E-state index in [0.717, 1.165) is 11.8 Å². The van der Waals surface area contributed by atoms with Crippen molar-refractivity contribution in [3.05, 3.63) is 71.6 Å². The molecule has 3 aromatic rings. The Morgan fingerprint density at radius 3 is 2.57 bits per heavy atom. The van der Waals surface area contributed by atoms with Crippen LogP contribution in [0.2, 0.25) is 0 Å². The number of hydrogen-bond acceptors (Lipinski definition) is 4. The molecule has 0 bridgehead atoms. The minimum Gasteiger partial charge on any atom is -0.364 e. The van der Waals surface area contributed by atoms with Crippen LogP contribution in [-0.2, 0) is 13.0 Å². The second kappa shape index (κ2) is 7.22. The maximum Gasteiger partial charge on any atom is 0.269 e. The molecule has 28 heavy (non-hydrogen) atoms. The standard InChI is InChI=1S/C20H18FN5O2/c21-15-12-23-8-6-14(15)20(28)25-9-7-16-17(18(22)27)24-19(26(16)11-10-25)13-4-2-1-3-5-13/h1-6,8,12H,7,9-11H2,(H2,22,27). The van der Waals surface area contributed by atoms with Gasteiger partial charge in [-0.15, -0.1) is 0 Å². The molecule has 3 heterocycles. The first-order chi connectivity index (χ1) is 13.6. The monoisotopic (exact) mass is 379 g/mol. The second-order valence-electron chi connectivity index (χ2n) is 6.51. The highest BCUT2D eigenvalue weighted by Gasteiger charge is 2.27. The average Bonchev–Trinajstić information content (AvgIpc) is 2.94. The Morgan fingerprint density at radius 2 is 1.86 bits per heavy atom. The molecule has 0 radical (unpaired) electrons. The van der Waals surface area contributed by atoms with Crippen molar-refractivity contribution in [3.8, 4) is 11.4 Å². The molecule has 0 aliphatic carbocycles. The molecule has 2 aromatic heterocycles. The first kappa shape index (κ1) is 17.8.